The van der Waals surface area contributed by atoms with Crippen molar-refractivity contribution in [2.75, 3.05) is 34.3 Å². The fourth-order valence-corrected chi connectivity index (χ4v) is 4.72. The van der Waals surface area contributed by atoms with Crippen LogP contribution in [0.3, 0.4) is 0 Å². The van der Waals surface area contributed by atoms with Crippen molar-refractivity contribution in [2.45, 2.75) is 31.8 Å². The van der Waals surface area contributed by atoms with Gasteiger partial charge in [0, 0.05) is 38.9 Å². The van der Waals surface area contributed by atoms with Crippen LogP contribution < -0.4 is 10.1 Å². The largest absolute Gasteiger partial charge is 0.497 e. The van der Waals surface area contributed by atoms with Gasteiger partial charge in [-0.3, -0.25) is 19.1 Å². The molecule has 3 heterocycles. The second-order valence-electron chi connectivity index (χ2n) is 8.91. The summed E-state index contributed by atoms with van der Waals surface area (Å²) in [5.74, 6) is -0.391. The Balaban J connectivity index is 1.63. The highest BCUT2D eigenvalue weighted by Crippen LogP contribution is 2.36. The zero-order valence-corrected chi connectivity index (χ0v) is 18.9. The molecule has 0 radical (unpaired) electrons. The van der Waals surface area contributed by atoms with Crippen molar-refractivity contribution >= 4 is 17.7 Å². The molecule has 1 fully saturated rings. The SMILES string of the molecule is COc1ccc2c(c1)C(=O)N[C@@]1(CC2)CN(C(=O)Cn2cc(C)cn2)C[C@@H]1C(=O)N(C)C. The lowest BCUT2D eigenvalue weighted by Gasteiger charge is -2.34. The summed E-state index contributed by atoms with van der Waals surface area (Å²) in [4.78, 5) is 42.7. The Morgan fingerprint density at radius 3 is 2.78 bits per heavy atom. The minimum Gasteiger partial charge on any atom is -0.497 e. The summed E-state index contributed by atoms with van der Waals surface area (Å²) in [5.41, 5.74) is 1.60. The molecule has 4 rings (SSSR count). The van der Waals surface area contributed by atoms with Gasteiger partial charge < -0.3 is 19.9 Å². The predicted octanol–water partition coefficient (Wildman–Crippen LogP) is 0.862. The maximum Gasteiger partial charge on any atom is 0.252 e. The highest BCUT2D eigenvalue weighted by molar-refractivity contribution is 5.98. The van der Waals surface area contributed by atoms with Crippen molar-refractivity contribution in [1.29, 1.82) is 0 Å². The number of carbonyl (C=O) groups excluding carboxylic acids is 3. The van der Waals surface area contributed by atoms with Gasteiger partial charge in [0.25, 0.3) is 5.91 Å². The Hall–Kier alpha value is -3.36. The van der Waals surface area contributed by atoms with Gasteiger partial charge in [-0.05, 0) is 43.0 Å². The van der Waals surface area contributed by atoms with E-state index in [0.717, 1.165) is 11.1 Å². The minimum absolute atomic E-state index is 0.0954. The molecule has 9 heteroatoms. The Morgan fingerprint density at radius 1 is 1.34 bits per heavy atom. The van der Waals surface area contributed by atoms with E-state index in [4.69, 9.17) is 4.74 Å². The molecule has 0 unspecified atom stereocenters. The number of carbonyl (C=O) groups is 3. The van der Waals surface area contributed by atoms with Gasteiger partial charge in [-0.15, -0.1) is 0 Å². The third kappa shape index (κ3) is 3.94. The van der Waals surface area contributed by atoms with E-state index in [1.165, 1.54) is 4.90 Å². The van der Waals surface area contributed by atoms with E-state index in [2.05, 4.69) is 10.4 Å². The van der Waals surface area contributed by atoms with Crippen LogP contribution in [0.25, 0.3) is 0 Å². The van der Waals surface area contributed by atoms with E-state index in [9.17, 15) is 14.4 Å². The highest BCUT2D eigenvalue weighted by Gasteiger charge is 2.53. The molecule has 3 amide bonds. The lowest BCUT2D eigenvalue weighted by molar-refractivity contribution is -0.134. The summed E-state index contributed by atoms with van der Waals surface area (Å²) >= 11 is 0. The number of amides is 3. The molecule has 9 nitrogen and oxygen atoms in total. The first-order chi connectivity index (χ1) is 15.2. The Labute approximate surface area is 187 Å². The number of methoxy groups -OCH3 is 1. The average Bonchev–Trinajstić information content (AvgIpc) is 3.31. The smallest absolute Gasteiger partial charge is 0.252 e. The van der Waals surface area contributed by atoms with Crippen LogP contribution in [0.1, 0.15) is 27.9 Å². The third-order valence-electron chi connectivity index (χ3n) is 6.46. The van der Waals surface area contributed by atoms with Crippen molar-refractivity contribution in [2.24, 2.45) is 5.92 Å². The monoisotopic (exact) mass is 439 g/mol. The number of hydrogen-bond donors (Lipinski definition) is 1. The number of rotatable bonds is 4. The molecule has 1 saturated heterocycles. The Kier molecular flexibility index (Phi) is 5.66. The van der Waals surface area contributed by atoms with E-state index >= 15 is 0 Å². The number of nitrogens with one attached hydrogen (secondary N) is 1. The van der Waals surface area contributed by atoms with Gasteiger partial charge in [0.2, 0.25) is 11.8 Å². The highest BCUT2D eigenvalue weighted by atomic mass is 16.5. The van der Waals surface area contributed by atoms with Gasteiger partial charge >= 0.3 is 0 Å². The van der Waals surface area contributed by atoms with Crippen LogP contribution in [-0.2, 0) is 22.6 Å². The van der Waals surface area contributed by atoms with Crippen LogP contribution in [0.4, 0.5) is 0 Å². The van der Waals surface area contributed by atoms with Gasteiger partial charge in [0.1, 0.15) is 12.3 Å². The second-order valence-corrected chi connectivity index (χ2v) is 8.91. The molecule has 0 aliphatic carbocycles. The number of fused-ring (bicyclic) bond motifs is 1. The molecule has 1 N–H and O–H groups in total. The number of likely N-dealkylation sites (tertiary alicyclic amines) is 1. The maximum absolute atomic E-state index is 13.2. The van der Waals surface area contributed by atoms with Crippen molar-refractivity contribution in [1.82, 2.24) is 24.9 Å². The number of hydrogen-bond acceptors (Lipinski definition) is 5. The Morgan fingerprint density at radius 2 is 2.12 bits per heavy atom. The summed E-state index contributed by atoms with van der Waals surface area (Å²) in [7, 11) is 4.96. The maximum atomic E-state index is 13.2. The standard InChI is InChI=1S/C23H29N5O4/c1-15-10-24-28(11-15)13-20(29)27-12-19(22(31)26(2)3)23(14-27)8-7-16-5-6-17(32-4)9-18(16)21(30)25-23/h5-6,9-11,19H,7-8,12-14H2,1-4H3,(H,25,30)/t19-,23+/m1/s1. The number of ether oxygens (including phenoxy) is 1. The average molecular weight is 440 g/mol. The number of benzene rings is 1. The number of nitrogens with zero attached hydrogens (tertiary/aromatic N) is 4. The van der Waals surface area contributed by atoms with Crippen LogP contribution in [0, 0.1) is 12.8 Å². The molecule has 1 aromatic carbocycles. The second kappa shape index (κ2) is 8.29. The van der Waals surface area contributed by atoms with E-state index in [-0.39, 0.29) is 37.4 Å². The molecule has 2 aromatic rings. The van der Waals surface area contributed by atoms with Crippen molar-refractivity contribution in [3.63, 3.8) is 0 Å². The molecule has 32 heavy (non-hydrogen) atoms. The van der Waals surface area contributed by atoms with E-state index in [1.54, 1.807) is 43.1 Å². The normalized spacial score (nSPS) is 22.3. The molecule has 0 saturated carbocycles. The molecule has 2 atom stereocenters. The van der Waals surface area contributed by atoms with Crippen molar-refractivity contribution in [3.8, 4) is 5.75 Å². The van der Waals surface area contributed by atoms with E-state index < -0.39 is 11.5 Å². The molecule has 1 aromatic heterocycles. The third-order valence-corrected chi connectivity index (χ3v) is 6.46. The quantitative estimate of drug-likeness (QED) is 0.762. The van der Waals surface area contributed by atoms with E-state index in [1.807, 2.05) is 25.3 Å². The molecule has 0 bridgehead atoms. The van der Waals surface area contributed by atoms with Crippen LogP contribution in [0.15, 0.2) is 30.6 Å². The molecule has 1 spiro atoms. The first kappa shape index (κ1) is 21.9. The number of aryl methyl sites for hydroxylation is 2. The molecular formula is C23H29N5O4. The number of aromatic nitrogens is 2. The van der Waals surface area contributed by atoms with Crippen LogP contribution >= 0.6 is 0 Å². The Bertz CT molecular complexity index is 1060. The summed E-state index contributed by atoms with van der Waals surface area (Å²) in [6.07, 6.45) is 4.69. The van der Waals surface area contributed by atoms with Gasteiger partial charge in [-0.2, -0.15) is 5.10 Å². The van der Waals surface area contributed by atoms with Crippen LogP contribution in [-0.4, -0.2) is 77.1 Å². The van der Waals surface area contributed by atoms with Crippen LogP contribution in [0.5, 0.6) is 5.75 Å². The van der Waals surface area contributed by atoms with Gasteiger partial charge in [0.15, 0.2) is 0 Å². The van der Waals surface area contributed by atoms with Gasteiger partial charge in [0.05, 0.1) is 24.8 Å². The predicted molar refractivity (Wildman–Crippen MR) is 117 cm³/mol. The van der Waals surface area contributed by atoms with E-state index in [0.29, 0.717) is 24.2 Å². The van der Waals surface area contributed by atoms with Crippen LogP contribution in [0.2, 0.25) is 0 Å². The molecular weight excluding hydrogens is 410 g/mol. The van der Waals surface area contributed by atoms with Crippen molar-refractivity contribution < 1.29 is 19.1 Å². The fourth-order valence-electron chi connectivity index (χ4n) is 4.72. The summed E-state index contributed by atoms with van der Waals surface area (Å²) in [5, 5.41) is 7.34. The van der Waals surface area contributed by atoms with Gasteiger partial charge in [-0.25, -0.2) is 0 Å². The first-order valence-electron chi connectivity index (χ1n) is 10.7. The molecule has 170 valence electrons. The zero-order chi connectivity index (χ0) is 23.0. The fraction of sp³-hybridized carbons (Fsp3) is 0.478. The first-order valence-corrected chi connectivity index (χ1v) is 10.7. The zero-order valence-electron chi connectivity index (χ0n) is 18.9. The summed E-state index contributed by atoms with van der Waals surface area (Å²) < 4.78 is 6.88. The van der Waals surface area contributed by atoms with Gasteiger partial charge in [-0.1, -0.05) is 6.07 Å². The molecule has 2 aliphatic rings. The lowest BCUT2D eigenvalue weighted by Crippen LogP contribution is -2.57. The molecule has 2 aliphatic heterocycles. The summed E-state index contributed by atoms with van der Waals surface area (Å²) in [6, 6.07) is 5.46. The topological polar surface area (TPSA) is 96.8 Å². The minimum atomic E-state index is -0.833. The van der Waals surface area contributed by atoms with Crippen molar-refractivity contribution in [3.05, 3.63) is 47.3 Å². The summed E-state index contributed by atoms with van der Waals surface area (Å²) in [6.45, 7) is 2.56. The lowest BCUT2D eigenvalue weighted by atomic mass is 9.81.